The molecule has 1 aliphatic rings. The third kappa shape index (κ3) is 4.06. The van der Waals surface area contributed by atoms with Gasteiger partial charge in [0, 0.05) is 32.4 Å². The van der Waals surface area contributed by atoms with Crippen LogP contribution in [0.5, 0.6) is 0 Å². The van der Waals surface area contributed by atoms with Crippen LogP contribution in [0.2, 0.25) is 0 Å². The number of oxazole rings is 1. The normalized spacial score (nSPS) is 16.5. The van der Waals surface area contributed by atoms with Gasteiger partial charge in [-0.1, -0.05) is 19.8 Å². The van der Waals surface area contributed by atoms with Crippen molar-refractivity contribution in [1.82, 2.24) is 19.4 Å². The molecular formula is C18H26N4O2. The molecule has 1 saturated heterocycles. The van der Waals surface area contributed by atoms with Gasteiger partial charge in [-0.2, -0.15) is 0 Å². The lowest BCUT2D eigenvalue weighted by atomic mass is 10.2. The number of aromatic nitrogens is 2. The zero-order valence-corrected chi connectivity index (χ0v) is 14.4. The van der Waals surface area contributed by atoms with Crippen molar-refractivity contribution in [2.45, 2.75) is 32.7 Å². The third-order valence-electron chi connectivity index (χ3n) is 4.51. The molecule has 6 heteroatoms. The molecule has 24 heavy (non-hydrogen) atoms. The van der Waals surface area contributed by atoms with Crippen LogP contribution in [0.4, 0.5) is 0 Å². The molecule has 0 bridgehead atoms. The van der Waals surface area contributed by atoms with E-state index in [-0.39, 0.29) is 5.76 Å². The van der Waals surface area contributed by atoms with Gasteiger partial charge in [-0.15, -0.1) is 0 Å². The van der Waals surface area contributed by atoms with Crippen molar-refractivity contribution < 1.29 is 4.42 Å². The predicted molar refractivity (Wildman–Crippen MR) is 94.9 cm³/mol. The minimum Gasteiger partial charge on any atom is -0.406 e. The average molecular weight is 330 g/mol. The van der Waals surface area contributed by atoms with E-state index in [2.05, 4.69) is 27.9 Å². The second kappa shape index (κ2) is 8.15. The molecule has 0 N–H and O–H groups in total. The fourth-order valence-electron chi connectivity index (χ4n) is 3.08. The van der Waals surface area contributed by atoms with Crippen molar-refractivity contribution in [2.75, 3.05) is 32.7 Å². The first-order chi connectivity index (χ1) is 11.8. The van der Waals surface area contributed by atoms with Crippen LogP contribution >= 0.6 is 0 Å². The number of nitrogens with zero attached hydrogens (tertiary/aromatic N) is 4. The van der Waals surface area contributed by atoms with Gasteiger partial charge in [-0.3, -0.25) is 9.47 Å². The number of hydrogen-bond donors (Lipinski definition) is 0. The maximum Gasteiger partial charge on any atom is 0.421 e. The summed E-state index contributed by atoms with van der Waals surface area (Å²) >= 11 is 0. The fourth-order valence-corrected chi connectivity index (χ4v) is 3.08. The van der Waals surface area contributed by atoms with E-state index in [1.165, 1.54) is 25.8 Å². The summed E-state index contributed by atoms with van der Waals surface area (Å²) in [7, 11) is 0. The summed E-state index contributed by atoms with van der Waals surface area (Å²) in [6, 6.07) is 3.53. The quantitative estimate of drug-likeness (QED) is 0.729. The Morgan fingerprint density at radius 1 is 1.25 bits per heavy atom. The van der Waals surface area contributed by atoms with Crippen molar-refractivity contribution >= 4 is 11.2 Å². The van der Waals surface area contributed by atoms with Crippen LogP contribution in [0.3, 0.4) is 0 Å². The second-order valence-electron chi connectivity index (χ2n) is 6.27. The number of rotatable bonds is 7. The molecule has 1 aliphatic heterocycles. The first-order valence-corrected chi connectivity index (χ1v) is 8.85. The van der Waals surface area contributed by atoms with Gasteiger partial charge in [-0.05, 0) is 37.4 Å². The van der Waals surface area contributed by atoms with Gasteiger partial charge in [0.15, 0.2) is 11.2 Å². The number of allylic oxidation sites excluding steroid dienone is 1. The van der Waals surface area contributed by atoms with E-state index in [9.17, 15) is 4.79 Å². The Hall–Kier alpha value is -2.08. The number of hydrogen-bond acceptors (Lipinski definition) is 5. The minimum atomic E-state index is -0.353. The SMILES string of the molecule is CCCCCN1CCN(C=CCn2c(=O)oc3cccnc32)CC1. The summed E-state index contributed by atoms with van der Waals surface area (Å²) in [6.45, 7) is 8.26. The van der Waals surface area contributed by atoms with E-state index in [1.54, 1.807) is 22.9 Å². The van der Waals surface area contributed by atoms with Crippen LogP contribution in [-0.4, -0.2) is 52.1 Å². The standard InChI is InChI=1S/C18H26N4O2/c1-2-3-4-9-20-12-14-21(15-13-20)10-6-11-22-17-16(24-18(22)23)7-5-8-19-17/h5-8,10H,2-4,9,11-15H2,1H3. The van der Waals surface area contributed by atoms with Crippen molar-refractivity contribution in [3.05, 3.63) is 41.2 Å². The van der Waals surface area contributed by atoms with Crippen LogP contribution in [0.15, 0.2) is 39.8 Å². The van der Waals surface area contributed by atoms with Crippen LogP contribution in [0, 0.1) is 0 Å². The molecule has 3 heterocycles. The van der Waals surface area contributed by atoms with Crippen LogP contribution in [0.25, 0.3) is 11.2 Å². The highest BCUT2D eigenvalue weighted by Gasteiger charge is 2.13. The van der Waals surface area contributed by atoms with E-state index in [0.717, 1.165) is 26.2 Å². The zero-order valence-electron chi connectivity index (χ0n) is 14.4. The molecule has 0 unspecified atom stereocenters. The smallest absolute Gasteiger partial charge is 0.406 e. The zero-order chi connectivity index (χ0) is 16.8. The van der Waals surface area contributed by atoms with Gasteiger partial charge < -0.3 is 9.32 Å². The third-order valence-corrected chi connectivity index (χ3v) is 4.51. The molecule has 6 nitrogen and oxygen atoms in total. The Balaban J connectivity index is 1.50. The molecule has 0 aliphatic carbocycles. The van der Waals surface area contributed by atoms with E-state index in [4.69, 9.17) is 4.42 Å². The van der Waals surface area contributed by atoms with E-state index in [1.807, 2.05) is 6.08 Å². The molecule has 0 spiro atoms. The molecule has 130 valence electrons. The van der Waals surface area contributed by atoms with Crippen LogP contribution < -0.4 is 5.76 Å². The number of pyridine rings is 1. The lowest BCUT2D eigenvalue weighted by molar-refractivity contribution is 0.166. The second-order valence-corrected chi connectivity index (χ2v) is 6.27. The van der Waals surface area contributed by atoms with Crippen LogP contribution in [0.1, 0.15) is 26.2 Å². The highest BCUT2D eigenvalue weighted by molar-refractivity contribution is 5.67. The molecular weight excluding hydrogens is 304 g/mol. The van der Waals surface area contributed by atoms with Gasteiger partial charge in [0.1, 0.15) is 0 Å². The van der Waals surface area contributed by atoms with E-state index in [0.29, 0.717) is 17.8 Å². The van der Waals surface area contributed by atoms with E-state index < -0.39 is 0 Å². The number of unbranched alkanes of at least 4 members (excludes halogenated alkanes) is 2. The summed E-state index contributed by atoms with van der Waals surface area (Å²) in [5, 5.41) is 0. The highest BCUT2D eigenvalue weighted by atomic mass is 16.4. The minimum absolute atomic E-state index is 0.353. The van der Waals surface area contributed by atoms with Gasteiger partial charge in [0.05, 0.1) is 6.54 Å². The van der Waals surface area contributed by atoms with Gasteiger partial charge >= 0.3 is 5.76 Å². The first kappa shape index (κ1) is 16.8. The summed E-state index contributed by atoms with van der Waals surface area (Å²) in [5.41, 5.74) is 1.14. The Kier molecular flexibility index (Phi) is 5.69. The summed E-state index contributed by atoms with van der Waals surface area (Å²) in [4.78, 5) is 21.0. The Bertz CT molecular complexity index is 726. The number of piperazine rings is 1. The molecule has 0 saturated carbocycles. The summed E-state index contributed by atoms with van der Waals surface area (Å²) in [6.07, 6.45) is 9.68. The largest absolute Gasteiger partial charge is 0.421 e. The molecule has 2 aromatic heterocycles. The predicted octanol–water partition coefficient (Wildman–Crippen LogP) is 2.31. The number of fused-ring (bicyclic) bond motifs is 1. The molecule has 1 fully saturated rings. The van der Waals surface area contributed by atoms with E-state index >= 15 is 0 Å². The first-order valence-electron chi connectivity index (χ1n) is 8.85. The average Bonchev–Trinajstić information content (AvgIpc) is 2.92. The molecule has 2 aromatic rings. The molecule has 0 amide bonds. The fraction of sp³-hybridized carbons (Fsp3) is 0.556. The van der Waals surface area contributed by atoms with Crippen LogP contribution in [-0.2, 0) is 6.54 Å². The van der Waals surface area contributed by atoms with Gasteiger partial charge in [0.25, 0.3) is 0 Å². The summed E-state index contributed by atoms with van der Waals surface area (Å²) in [5.74, 6) is -0.353. The van der Waals surface area contributed by atoms with Crippen molar-refractivity contribution in [2.24, 2.45) is 0 Å². The maximum absolute atomic E-state index is 11.9. The highest BCUT2D eigenvalue weighted by Crippen LogP contribution is 2.09. The maximum atomic E-state index is 11.9. The molecule has 0 atom stereocenters. The van der Waals surface area contributed by atoms with Crippen molar-refractivity contribution in [1.29, 1.82) is 0 Å². The Morgan fingerprint density at radius 3 is 2.88 bits per heavy atom. The lowest BCUT2D eigenvalue weighted by Crippen LogP contribution is -2.44. The topological polar surface area (TPSA) is 54.5 Å². The Morgan fingerprint density at radius 2 is 2.08 bits per heavy atom. The molecule has 3 rings (SSSR count). The van der Waals surface area contributed by atoms with Gasteiger partial charge in [0.2, 0.25) is 0 Å². The Labute approximate surface area is 142 Å². The molecule has 0 aromatic carbocycles. The van der Waals surface area contributed by atoms with Gasteiger partial charge in [-0.25, -0.2) is 9.78 Å². The molecule has 0 radical (unpaired) electrons. The van der Waals surface area contributed by atoms with Crippen molar-refractivity contribution in [3.8, 4) is 0 Å². The lowest BCUT2D eigenvalue weighted by Gasteiger charge is -2.34. The van der Waals surface area contributed by atoms with Crippen molar-refractivity contribution in [3.63, 3.8) is 0 Å². The monoisotopic (exact) mass is 330 g/mol. The summed E-state index contributed by atoms with van der Waals surface area (Å²) < 4.78 is 6.76.